The molecule has 142 valence electrons. The van der Waals surface area contributed by atoms with Crippen LogP contribution in [0.2, 0.25) is 0 Å². The van der Waals surface area contributed by atoms with Crippen LogP contribution in [0.3, 0.4) is 0 Å². The number of nitrogens with zero attached hydrogens (tertiary/aromatic N) is 3. The number of amides is 2. The minimum atomic E-state index is -0.108. The Balaban J connectivity index is 1.65. The summed E-state index contributed by atoms with van der Waals surface area (Å²) in [7, 11) is 0. The second-order valence-electron chi connectivity index (χ2n) is 6.54. The first-order valence-electron chi connectivity index (χ1n) is 9.17. The zero-order chi connectivity index (χ0) is 19.2. The maximum absolute atomic E-state index is 12.8. The van der Waals surface area contributed by atoms with E-state index in [-0.39, 0.29) is 11.8 Å². The Hall–Kier alpha value is -2.93. The Morgan fingerprint density at radius 1 is 1.04 bits per heavy atom. The summed E-state index contributed by atoms with van der Waals surface area (Å²) < 4.78 is 0. The quantitative estimate of drug-likeness (QED) is 0.849. The van der Waals surface area contributed by atoms with Gasteiger partial charge in [0, 0.05) is 56.2 Å². The number of nitrogens with one attached hydrogen (secondary N) is 2. The SMILES string of the molecule is CCN1CCN(C(=O)c2ccnc(Nc3ccc(NC(C)=O)cc3)c2)CC1. The number of anilines is 3. The number of likely N-dealkylation sites (N-methyl/N-ethyl adjacent to an activating group) is 1. The molecule has 0 saturated carbocycles. The molecule has 1 aliphatic heterocycles. The van der Waals surface area contributed by atoms with Gasteiger partial charge in [0.05, 0.1) is 0 Å². The highest BCUT2D eigenvalue weighted by Crippen LogP contribution is 2.19. The first-order chi connectivity index (χ1) is 13.0. The molecule has 1 saturated heterocycles. The summed E-state index contributed by atoms with van der Waals surface area (Å²) in [6.07, 6.45) is 1.64. The van der Waals surface area contributed by atoms with Crippen LogP contribution in [0.25, 0.3) is 0 Å². The molecule has 2 N–H and O–H groups in total. The molecular formula is C20H25N5O2. The summed E-state index contributed by atoms with van der Waals surface area (Å²) in [6, 6.07) is 10.9. The maximum atomic E-state index is 12.8. The first-order valence-corrected chi connectivity index (χ1v) is 9.17. The number of piperazine rings is 1. The van der Waals surface area contributed by atoms with Gasteiger partial charge in [-0.05, 0) is 42.9 Å². The molecule has 0 aliphatic carbocycles. The van der Waals surface area contributed by atoms with Crippen LogP contribution in [0, 0.1) is 0 Å². The minimum absolute atomic E-state index is 0.0391. The minimum Gasteiger partial charge on any atom is -0.340 e. The predicted molar refractivity (Wildman–Crippen MR) is 106 cm³/mol. The van der Waals surface area contributed by atoms with Crippen LogP contribution in [0.15, 0.2) is 42.6 Å². The molecule has 27 heavy (non-hydrogen) atoms. The molecular weight excluding hydrogens is 342 g/mol. The van der Waals surface area contributed by atoms with E-state index in [1.165, 1.54) is 6.92 Å². The number of benzene rings is 1. The third-order valence-electron chi connectivity index (χ3n) is 4.59. The predicted octanol–water partition coefficient (Wildman–Crippen LogP) is 2.56. The van der Waals surface area contributed by atoms with Crippen molar-refractivity contribution in [2.24, 2.45) is 0 Å². The second-order valence-corrected chi connectivity index (χ2v) is 6.54. The van der Waals surface area contributed by atoms with Crippen molar-refractivity contribution < 1.29 is 9.59 Å². The zero-order valence-electron chi connectivity index (χ0n) is 15.7. The van der Waals surface area contributed by atoms with Gasteiger partial charge in [-0.3, -0.25) is 9.59 Å². The van der Waals surface area contributed by atoms with Crippen molar-refractivity contribution >= 4 is 29.0 Å². The number of carbonyl (C=O) groups excluding carboxylic acids is 2. The van der Waals surface area contributed by atoms with E-state index in [0.717, 1.165) is 44.1 Å². The van der Waals surface area contributed by atoms with Gasteiger partial charge in [0.25, 0.3) is 5.91 Å². The highest BCUT2D eigenvalue weighted by molar-refractivity contribution is 5.95. The molecule has 7 heteroatoms. The largest absolute Gasteiger partial charge is 0.340 e. The Labute approximate surface area is 159 Å². The topological polar surface area (TPSA) is 77.6 Å². The molecule has 1 aliphatic rings. The van der Waals surface area contributed by atoms with Crippen molar-refractivity contribution in [3.05, 3.63) is 48.2 Å². The van der Waals surface area contributed by atoms with Crippen molar-refractivity contribution in [2.75, 3.05) is 43.4 Å². The van der Waals surface area contributed by atoms with E-state index in [9.17, 15) is 9.59 Å². The Bertz CT molecular complexity index is 798. The lowest BCUT2D eigenvalue weighted by atomic mass is 10.2. The lowest BCUT2D eigenvalue weighted by Gasteiger charge is -2.34. The molecule has 0 atom stereocenters. The van der Waals surface area contributed by atoms with Crippen LogP contribution in [0.1, 0.15) is 24.2 Å². The molecule has 1 aromatic carbocycles. The fourth-order valence-corrected chi connectivity index (χ4v) is 3.07. The number of pyridine rings is 1. The lowest BCUT2D eigenvalue weighted by Crippen LogP contribution is -2.48. The van der Waals surface area contributed by atoms with E-state index in [4.69, 9.17) is 0 Å². The Morgan fingerprint density at radius 3 is 2.33 bits per heavy atom. The van der Waals surface area contributed by atoms with Crippen LogP contribution in [0.5, 0.6) is 0 Å². The third-order valence-corrected chi connectivity index (χ3v) is 4.59. The number of aromatic nitrogens is 1. The van der Waals surface area contributed by atoms with E-state index < -0.39 is 0 Å². The fraction of sp³-hybridized carbons (Fsp3) is 0.350. The van der Waals surface area contributed by atoms with E-state index in [2.05, 4.69) is 27.4 Å². The third kappa shape index (κ3) is 5.04. The number of rotatable bonds is 5. The average Bonchev–Trinajstić information content (AvgIpc) is 2.69. The maximum Gasteiger partial charge on any atom is 0.254 e. The van der Waals surface area contributed by atoms with Crippen LogP contribution >= 0.6 is 0 Å². The fourth-order valence-electron chi connectivity index (χ4n) is 3.07. The molecule has 3 rings (SSSR count). The van der Waals surface area contributed by atoms with Gasteiger partial charge in [-0.2, -0.15) is 0 Å². The molecule has 2 amide bonds. The van der Waals surface area contributed by atoms with Crippen LogP contribution in [-0.4, -0.2) is 59.3 Å². The van der Waals surface area contributed by atoms with Crippen molar-refractivity contribution in [3.63, 3.8) is 0 Å². The number of hydrogen-bond acceptors (Lipinski definition) is 5. The van der Waals surface area contributed by atoms with Gasteiger partial charge in [-0.25, -0.2) is 4.98 Å². The highest BCUT2D eigenvalue weighted by Gasteiger charge is 2.21. The van der Waals surface area contributed by atoms with Gasteiger partial charge in [0.2, 0.25) is 5.91 Å². The van der Waals surface area contributed by atoms with Crippen molar-refractivity contribution in [3.8, 4) is 0 Å². The Kier molecular flexibility index (Phi) is 6.03. The smallest absolute Gasteiger partial charge is 0.254 e. The Morgan fingerprint density at radius 2 is 1.70 bits per heavy atom. The van der Waals surface area contributed by atoms with Gasteiger partial charge in [0.1, 0.15) is 5.82 Å². The van der Waals surface area contributed by atoms with Crippen molar-refractivity contribution in [1.82, 2.24) is 14.8 Å². The van der Waals surface area contributed by atoms with E-state index >= 15 is 0 Å². The highest BCUT2D eigenvalue weighted by atomic mass is 16.2. The summed E-state index contributed by atoms with van der Waals surface area (Å²) in [5.41, 5.74) is 2.20. The molecule has 0 spiro atoms. The summed E-state index contributed by atoms with van der Waals surface area (Å²) in [6.45, 7) is 7.97. The standard InChI is InChI=1S/C20H25N5O2/c1-3-24-10-12-25(13-11-24)20(27)16-8-9-21-19(14-16)23-18-6-4-17(5-7-18)22-15(2)26/h4-9,14H,3,10-13H2,1-2H3,(H,21,23)(H,22,26). The monoisotopic (exact) mass is 367 g/mol. The summed E-state index contributed by atoms with van der Waals surface area (Å²) >= 11 is 0. The number of hydrogen-bond donors (Lipinski definition) is 2. The van der Waals surface area contributed by atoms with E-state index in [1.807, 2.05) is 29.2 Å². The molecule has 0 bridgehead atoms. The van der Waals surface area contributed by atoms with Crippen LogP contribution in [-0.2, 0) is 4.79 Å². The number of carbonyl (C=O) groups is 2. The summed E-state index contributed by atoms with van der Waals surface area (Å²) in [5.74, 6) is 0.542. The molecule has 1 fully saturated rings. The van der Waals surface area contributed by atoms with Crippen LogP contribution in [0.4, 0.5) is 17.2 Å². The molecule has 2 aromatic rings. The lowest BCUT2D eigenvalue weighted by molar-refractivity contribution is -0.114. The summed E-state index contributed by atoms with van der Waals surface area (Å²) in [5, 5.41) is 5.92. The molecule has 7 nitrogen and oxygen atoms in total. The van der Waals surface area contributed by atoms with Crippen LogP contribution < -0.4 is 10.6 Å². The van der Waals surface area contributed by atoms with Gasteiger partial charge in [-0.1, -0.05) is 6.92 Å². The average molecular weight is 367 g/mol. The van der Waals surface area contributed by atoms with Gasteiger partial charge < -0.3 is 20.4 Å². The first kappa shape index (κ1) is 18.8. The summed E-state index contributed by atoms with van der Waals surface area (Å²) in [4.78, 5) is 32.4. The van der Waals surface area contributed by atoms with Crippen molar-refractivity contribution in [2.45, 2.75) is 13.8 Å². The van der Waals surface area contributed by atoms with Gasteiger partial charge in [0.15, 0.2) is 0 Å². The van der Waals surface area contributed by atoms with Gasteiger partial charge >= 0.3 is 0 Å². The molecule has 0 unspecified atom stereocenters. The van der Waals surface area contributed by atoms with Gasteiger partial charge in [-0.15, -0.1) is 0 Å². The molecule has 0 radical (unpaired) electrons. The van der Waals surface area contributed by atoms with Crippen molar-refractivity contribution in [1.29, 1.82) is 0 Å². The zero-order valence-corrected chi connectivity index (χ0v) is 15.7. The second kappa shape index (κ2) is 8.64. The normalized spacial score (nSPS) is 14.7. The van der Waals surface area contributed by atoms with E-state index in [0.29, 0.717) is 11.4 Å². The molecule has 1 aromatic heterocycles. The van der Waals surface area contributed by atoms with E-state index in [1.54, 1.807) is 18.3 Å². The molecule has 2 heterocycles.